The molecule has 5 heteroatoms. The van der Waals surface area contributed by atoms with Crippen LogP contribution in [0.5, 0.6) is 0 Å². The number of hydrogen-bond donors (Lipinski definition) is 0. The standard InChI is InChI=1S/C8H10S.3CO.Cr/c1-9-7-8-5-3-2-4-6-8;3*1-2;/h2-6H,7H2,1H3;;;;. The molecular weight excluding hydrogens is 264 g/mol. The van der Waals surface area contributed by atoms with E-state index in [1.54, 1.807) is 0 Å². The molecule has 0 fully saturated rings. The van der Waals surface area contributed by atoms with Crippen molar-refractivity contribution < 1.29 is 31.3 Å². The third-order valence-electron chi connectivity index (χ3n) is 1.15. The van der Waals surface area contributed by atoms with Gasteiger partial charge in [0.25, 0.3) is 0 Å². The van der Waals surface area contributed by atoms with Gasteiger partial charge in [-0.3, -0.25) is 0 Å². The van der Waals surface area contributed by atoms with Crippen molar-refractivity contribution >= 4 is 11.8 Å². The van der Waals surface area contributed by atoms with Gasteiger partial charge < -0.3 is 0 Å². The number of benzene rings is 1. The molecule has 0 heterocycles. The van der Waals surface area contributed by atoms with Crippen LogP contribution in [0.15, 0.2) is 30.3 Å². The molecule has 0 N–H and O–H groups in total. The van der Waals surface area contributed by atoms with Gasteiger partial charge in [-0.1, -0.05) is 30.3 Å². The number of thioether (sulfide) groups is 1. The van der Waals surface area contributed by atoms with Crippen LogP contribution in [0.25, 0.3) is 0 Å². The molecule has 0 radical (unpaired) electrons. The van der Waals surface area contributed by atoms with Crippen LogP contribution < -0.4 is 0 Å². The Balaban J connectivity index is -0.0000000900. The van der Waals surface area contributed by atoms with Gasteiger partial charge in [-0.15, -0.1) is 0 Å². The summed E-state index contributed by atoms with van der Waals surface area (Å²) < 4.78 is 22.5. The van der Waals surface area contributed by atoms with Gasteiger partial charge in [-0.2, -0.15) is 11.8 Å². The Hall–Kier alpha value is -0.678. The van der Waals surface area contributed by atoms with Gasteiger partial charge in [-0.05, 0) is 11.8 Å². The maximum Gasteiger partial charge on any atom is 0 e. The molecule has 0 aliphatic heterocycles. The van der Waals surface area contributed by atoms with Crippen LogP contribution in [0.1, 0.15) is 5.56 Å². The van der Waals surface area contributed by atoms with E-state index < -0.39 is 0 Å². The Morgan fingerprint density at radius 3 is 1.62 bits per heavy atom. The molecule has 16 heavy (non-hydrogen) atoms. The third-order valence-corrected chi connectivity index (χ3v) is 1.78. The second kappa shape index (κ2) is 29.2. The Morgan fingerprint density at radius 1 is 0.938 bits per heavy atom. The maximum absolute atomic E-state index is 7.50. The van der Waals surface area contributed by atoms with E-state index in [1.807, 2.05) is 17.8 Å². The smallest absolute Gasteiger partial charge is 0 e. The van der Waals surface area contributed by atoms with E-state index in [-0.39, 0.29) is 17.4 Å². The average Bonchev–Trinajstić information content (AvgIpc) is 2.38. The van der Waals surface area contributed by atoms with Gasteiger partial charge in [0.05, 0.1) is 0 Å². The fourth-order valence-electron chi connectivity index (χ4n) is 0.741. The van der Waals surface area contributed by atoms with Crippen LogP contribution in [0.4, 0.5) is 0 Å². The first kappa shape index (κ1) is 24.5. The van der Waals surface area contributed by atoms with Gasteiger partial charge in [0.15, 0.2) is 0 Å². The van der Waals surface area contributed by atoms with E-state index in [1.165, 1.54) is 5.56 Å². The molecule has 0 spiro atoms. The molecule has 1 aromatic carbocycles. The van der Waals surface area contributed by atoms with Crippen molar-refractivity contribution in [2.24, 2.45) is 0 Å². The topological polar surface area (TPSA) is 59.7 Å². The van der Waals surface area contributed by atoms with Crippen molar-refractivity contribution in [3.05, 3.63) is 55.8 Å². The molecule has 1 rings (SSSR count). The summed E-state index contributed by atoms with van der Waals surface area (Å²) in [6.45, 7) is 13.5. The molecule has 0 aliphatic rings. The van der Waals surface area contributed by atoms with E-state index in [9.17, 15) is 0 Å². The normalized spacial score (nSPS) is 5.69. The van der Waals surface area contributed by atoms with Crippen LogP contribution in [0.2, 0.25) is 0 Å². The van der Waals surface area contributed by atoms with Crippen molar-refractivity contribution in [1.29, 1.82) is 0 Å². The Kier molecular flexibility index (Phi) is 44.8. The predicted molar refractivity (Wildman–Crippen MR) is 55.4 cm³/mol. The second-order valence-corrected chi connectivity index (χ2v) is 2.78. The SMILES string of the molecule is CSCc1ccccc1.[C-]#[O+].[C-]#[O+].[C-]#[O+].[Cr]. The van der Waals surface area contributed by atoms with Crippen molar-refractivity contribution in [2.75, 3.05) is 6.26 Å². The fourth-order valence-corrected chi connectivity index (χ4v) is 1.27. The van der Waals surface area contributed by atoms with E-state index in [2.05, 4.69) is 50.5 Å². The summed E-state index contributed by atoms with van der Waals surface area (Å²) in [5.41, 5.74) is 1.41. The molecule has 0 aromatic heterocycles. The number of hydrogen-bond acceptors (Lipinski definition) is 1. The third kappa shape index (κ3) is 19.0. The van der Waals surface area contributed by atoms with Crippen LogP contribution in [0, 0.1) is 20.0 Å². The molecule has 0 unspecified atom stereocenters. The van der Waals surface area contributed by atoms with Crippen LogP contribution >= 0.6 is 11.8 Å². The van der Waals surface area contributed by atoms with Crippen LogP contribution in [-0.2, 0) is 37.1 Å². The van der Waals surface area contributed by atoms with Gasteiger partial charge in [0.2, 0.25) is 0 Å². The van der Waals surface area contributed by atoms with E-state index in [0.29, 0.717) is 0 Å². The van der Waals surface area contributed by atoms with E-state index in [0.717, 1.165) is 5.75 Å². The second-order valence-electron chi connectivity index (χ2n) is 1.92. The molecule has 0 saturated heterocycles. The zero-order valence-corrected chi connectivity index (χ0v) is 10.7. The van der Waals surface area contributed by atoms with Crippen molar-refractivity contribution in [1.82, 2.24) is 0 Å². The maximum atomic E-state index is 7.50. The van der Waals surface area contributed by atoms with Crippen LogP contribution in [0.3, 0.4) is 0 Å². The summed E-state index contributed by atoms with van der Waals surface area (Å²) >= 11 is 1.85. The summed E-state index contributed by atoms with van der Waals surface area (Å²) in [7, 11) is 0. The Bertz CT molecular complexity index is 255. The number of rotatable bonds is 2. The quantitative estimate of drug-likeness (QED) is 0.603. The van der Waals surface area contributed by atoms with E-state index in [4.69, 9.17) is 14.0 Å². The van der Waals surface area contributed by atoms with Crippen molar-refractivity contribution in [3.63, 3.8) is 0 Å². The summed E-state index contributed by atoms with van der Waals surface area (Å²) in [5.74, 6) is 1.13. The minimum atomic E-state index is 0. The fraction of sp³-hybridized carbons (Fsp3) is 0.182. The van der Waals surface area contributed by atoms with Gasteiger partial charge in [-0.25, -0.2) is 0 Å². The zero-order valence-electron chi connectivity index (χ0n) is 8.64. The minimum Gasteiger partial charge on any atom is 0 e. The monoisotopic (exact) mass is 274 g/mol. The molecule has 0 saturated carbocycles. The summed E-state index contributed by atoms with van der Waals surface area (Å²) in [4.78, 5) is 0. The van der Waals surface area contributed by atoms with E-state index >= 15 is 0 Å². The van der Waals surface area contributed by atoms with Crippen molar-refractivity contribution in [3.8, 4) is 0 Å². The molecule has 0 atom stereocenters. The van der Waals surface area contributed by atoms with Gasteiger partial charge in [0.1, 0.15) is 0 Å². The minimum absolute atomic E-state index is 0. The van der Waals surface area contributed by atoms with Gasteiger partial charge >= 0.3 is 33.9 Å². The molecular formula is C11H10CrO3S. The van der Waals surface area contributed by atoms with Crippen LogP contribution in [-0.4, -0.2) is 6.26 Å². The molecule has 0 amide bonds. The Morgan fingerprint density at radius 2 is 1.31 bits per heavy atom. The first-order valence-electron chi connectivity index (χ1n) is 3.57. The Labute approximate surface area is 111 Å². The summed E-state index contributed by atoms with van der Waals surface area (Å²) in [6.07, 6.45) is 2.12. The van der Waals surface area contributed by atoms with Crippen molar-refractivity contribution in [2.45, 2.75) is 5.75 Å². The molecule has 0 aliphatic carbocycles. The zero-order chi connectivity index (χ0) is 12.5. The molecule has 84 valence electrons. The molecule has 3 nitrogen and oxygen atoms in total. The molecule has 0 bridgehead atoms. The first-order valence-corrected chi connectivity index (χ1v) is 4.97. The predicted octanol–water partition coefficient (Wildman–Crippen LogP) is 2.43. The summed E-state index contributed by atoms with van der Waals surface area (Å²) in [6, 6.07) is 10.5. The summed E-state index contributed by atoms with van der Waals surface area (Å²) in [5, 5.41) is 0. The first-order chi connectivity index (χ1) is 7.43. The molecule has 1 aromatic rings. The largest absolute Gasteiger partial charge is 0 e. The van der Waals surface area contributed by atoms with Gasteiger partial charge in [0, 0.05) is 23.1 Å². The average molecular weight is 274 g/mol.